The Morgan fingerprint density at radius 3 is 2.81 bits per heavy atom. The summed E-state index contributed by atoms with van der Waals surface area (Å²) in [5.74, 6) is -0.421. The summed E-state index contributed by atoms with van der Waals surface area (Å²) < 4.78 is 0. The van der Waals surface area contributed by atoms with E-state index >= 15 is 0 Å². The molecule has 0 aliphatic heterocycles. The zero-order chi connectivity index (χ0) is 15.4. The minimum absolute atomic E-state index is 0.0160. The molecule has 0 spiro atoms. The Bertz CT molecular complexity index is 553. The largest absolute Gasteiger partial charge is 0.348 e. The van der Waals surface area contributed by atoms with Gasteiger partial charge in [-0.1, -0.05) is 30.5 Å². The number of halogens is 1. The molecule has 7 heteroatoms. The summed E-state index contributed by atoms with van der Waals surface area (Å²) in [6.45, 7) is 0. The lowest BCUT2D eigenvalue weighted by Gasteiger charge is -2.30. The first-order valence-electron chi connectivity index (χ1n) is 6.81. The zero-order valence-electron chi connectivity index (χ0n) is 11.7. The number of amides is 1. The highest BCUT2D eigenvalue weighted by molar-refractivity contribution is 7.99. The van der Waals surface area contributed by atoms with Gasteiger partial charge in [0, 0.05) is 11.3 Å². The fraction of sp³-hybridized carbons (Fsp3) is 0.500. The molecule has 1 fully saturated rings. The van der Waals surface area contributed by atoms with Gasteiger partial charge in [-0.05, 0) is 31.2 Å². The van der Waals surface area contributed by atoms with Crippen LogP contribution in [0, 0.1) is 10.1 Å². The van der Waals surface area contributed by atoms with Crippen LogP contribution in [0.5, 0.6) is 0 Å². The fourth-order valence-corrected chi connectivity index (χ4v) is 3.85. The van der Waals surface area contributed by atoms with Crippen LogP contribution in [0.2, 0.25) is 5.02 Å². The van der Waals surface area contributed by atoms with Gasteiger partial charge < -0.3 is 5.32 Å². The van der Waals surface area contributed by atoms with E-state index in [0.717, 1.165) is 25.7 Å². The molecule has 1 aromatic rings. The molecule has 2 atom stereocenters. The molecule has 2 unspecified atom stereocenters. The monoisotopic (exact) mass is 328 g/mol. The van der Waals surface area contributed by atoms with Gasteiger partial charge in [-0.25, -0.2) is 0 Å². The van der Waals surface area contributed by atoms with Gasteiger partial charge in [-0.3, -0.25) is 14.9 Å². The van der Waals surface area contributed by atoms with Crippen LogP contribution in [0.3, 0.4) is 0 Å². The second kappa shape index (κ2) is 7.13. The maximum absolute atomic E-state index is 12.4. The lowest BCUT2D eigenvalue weighted by Crippen LogP contribution is -2.43. The first-order chi connectivity index (χ1) is 10.0. The number of nitrogens with one attached hydrogen (secondary N) is 1. The van der Waals surface area contributed by atoms with E-state index in [-0.39, 0.29) is 22.3 Å². The van der Waals surface area contributed by atoms with Gasteiger partial charge >= 0.3 is 5.69 Å². The van der Waals surface area contributed by atoms with Crippen molar-refractivity contribution in [3.8, 4) is 0 Å². The van der Waals surface area contributed by atoms with Crippen molar-refractivity contribution in [3.05, 3.63) is 38.9 Å². The van der Waals surface area contributed by atoms with E-state index in [4.69, 9.17) is 11.6 Å². The van der Waals surface area contributed by atoms with Crippen LogP contribution in [0.1, 0.15) is 36.0 Å². The Balaban J connectivity index is 2.20. The molecule has 1 N–H and O–H groups in total. The number of benzene rings is 1. The van der Waals surface area contributed by atoms with Gasteiger partial charge in [0.15, 0.2) is 0 Å². The third-order valence-electron chi connectivity index (χ3n) is 3.74. The molecular formula is C14H17ClN2O3S. The Morgan fingerprint density at radius 1 is 1.43 bits per heavy atom. The van der Waals surface area contributed by atoms with Gasteiger partial charge in [-0.15, -0.1) is 0 Å². The first-order valence-corrected chi connectivity index (χ1v) is 8.47. The van der Waals surface area contributed by atoms with E-state index in [1.165, 1.54) is 12.1 Å². The minimum Gasteiger partial charge on any atom is -0.348 e. The van der Waals surface area contributed by atoms with Gasteiger partial charge in [0.25, 0.3) is 5.91 Å². The quantitative estimate of drug-likeness (QED) is 0.676. The van der Waals surface area contributed by atoms with E-state index in [1.807, 2.05) is 6.26 Å². The summed E-state index contributed by atoms with van der Waals surface area (Å²) in [4.78, 5) is 22.9. The Morgan fingerprint density at radius 2 is 2.14 bits per heavy atom. The molecule has 5 nitrogen and oxygen atoms in total. The van der Waals surface area contributed by atoms with E-state index in [2.05, 4.69) is 5.32 Å². The Labute approximate surface area is 132 Å². The second-order valence-electron chi connectivity index (χ2n) is 5.03. The smallest absolute Gasteiger partial charge is 0.300 e. The maximum atomic E-state index is 12.4. The molecule has 0 heterocycles. The minimum atomic E-state index is -0.607. The molecule has 1 saturated carbocycles. The van der Waals surface area contributed by atoms with Gasteiger partial charge in [-0.2, -0.15) is 11.8 Å². The Kier molecular flexibility index (Phi) is 5.47. The van der Waals surface area contributed by atoms with Gasteiger partial charge in [0.2, 0.25) is 0 Å². The highest BCUT2D eigenvalue weighted by Crippen LogP contribution is 2.30. The standard InChI is InChI=1S/C14H17ClN2O3S/c1-21-12-8-3-2-7-11(12)16-14(18)9-5-4-6-10(15)13(9)17(19)20/h4-6,11-12H,2-3,7-8H2,1H3,(H,16,18). The van der Waals surface area contributed by atoms with Gasteiger partial charge in [0.1, 0.15) is 10.6 Å². The lowest BCUT2D eigenvalue weighted by atomic mass is 9.94. The molecule has 2 rings (SSSR count). The molecule has 1 aromatic carbocycles. The number of hydrogen-bond donors (Lipinski definition) is 1. The van der Waals surface area contributed by atoms with Crippen molar-refractivity contribution in [3.63, 3.8) is 0 Å². The number of nitro groups is 1. The lowest BCUT2D eigenvalue weighted by molar-refractivity contribution is -0.385. The number of carbonyl (C=O) groups excluding carboxylic acids is 1. The summed E-state index contributed by atoms with van der Waals surface area (Å²) in [5.41, 5.74) is -0.300. The van der Waals surface area contributed by atoms with Crippen molar-refractivity contribution in [2.45, 2.75) is 37.0 Å². The van der Waals surface area contributed by atoms with E-state index in [1.54, 1.807) is 17.8 Å². The van der Waals surface area contributed by atoms with E-state index in [9.17, 15) is 14.9 Å². The van der Waals surface area contributed by atoms with Gasteiger partial charge in [0.05, 0.1) is 4.92 Å². The molecule has 1 amide bonds. The number of carbonyl (C=O) groups is 1. The molecule has 0 radical (unpaired) electrons. The van der Waals surface area contributed by atoms with Crippen molar-refractivity contribution in [2.75, 3.05) is 6.26 Å². The number of hydrogen-bond acceptors (Lipinski definition) is 4. The summed E-state index contributed by atoms with van der Waals surface area (Å²) >= 11 is 7.57. The molecular weight excluding hydrogens is 312 g/mol. The first kappa shape index (κ1) is 16.1. The van der Waals surface area contributed by atoms with Crippen molar-refractivity contribution in [1.29, 1.82) is 0 Å². The number of para-hydroxylation sites is 1. The number of thioether (sulfide) groups is 1. The van der Waals surface area contributed by atoms with Crippen LogP contribution in [-0.2, 0) is 0 Å². The molecule has 114 valence electrons. The fourth-order valence-electron chi connectivity index (χ4n) is 2.67. The zero-order valence-corrected chi connectivity index (χ0v) is 13.2. The molecule has 0 saturated heterocycles. The third kappa shape index (κ3) is 3.68. The van der Waals surface area contributed by atoms with Crippen molar-refractivity contribution >= 4 is 35.0 Å². The molecule has 0 bridgehead atoms. The average molecular weight is 329 g/mol. The molecule has 0 aromatic heterocycles. The number of rotatable bonds is 4. The topological polar surface area (TPSA) is 72.2 Å². The third-order valence-corrected chi connectivity index (χ3v) is 5.21. The molecule has 21 heavy (non-hydrogen) atoms. The predicted octanol–water partition coefficient (Wildman–Crippen LogP) is 3.65. The van der Waals surface area contributed by atoms with Crippen molar-refractivity contribution in [2.24, 2.45) is 0 Å². The van der Waals surface area contributed by atoms with E-state index in [0.29, 0.717) is 5.25 Å². The van der Waals surface area contributed by atoms with Crippen LogP contribution < -0.4 is 5.32 Å². The summed E-state index contributed by atoms with van der Waals surface area (Å²) in [5, 5.41) is 14.4. The van der Waals surface area contributed by atoms with Crippen LogP contribution in [0.4, 0.5) is 5.69 Å². The van der Waals surface area contributed by atoms with Crippen molar-refractivity contribution < 1.29 is 9.72 Å². The molecule has 1 aliphatic rings. The van der Waals surface area contributed by atoms with Crippen LogP contribution in [0.25, 0.3) is 0 Å². The molecule has 1 aliphatic carbocycles. The highest BCUT2D eigenvalue weighted by Gasteiger charge is 2.29. The van der Waals surface area contributed by atoms with Crippen LogP contribution in [0.15, 0.2) is 18.2 Å². The Hall–Kier alpha value is -1.27. The summed E-state index contributed by atoms with van der Waals surface area (Å²) in [6.07, 6.45) is 6.22. The number of nitro benzene ring substituents is 1. The maximum Gasteiger partial charge on any atom is 0.300 e. The van der Waals surface area contributed by atoms with Crippen LogP contribution in [-0.4, -0.2) is 28.4 Å². The normalized spacial score (nSPS) is 21.8. The van der Waals surface area contributed by atoms with E-state index < -0.39 is 10.8 Å². The van der Waals surface area contributed by atoms with Crippen molar-refractivity contribution in [1.82, 2.24) is 5.32 Å². The SMILES string of the molecule is CSC1CCCCC1NC(=O)c1cccc(Cl)c1[N+](=O)[O-]. The summed E-state index contributed by atoms with van der Waals surface area (Å²) in [6, 6.07) is 4.47. The second-order valence-corrected chi connectivity index (χ2v) is 6.52. The van der Waals surface area contributed by atoms with Crippen LogP contribution >= 0.6 is 23.4 Å². The predicted molar refractivity (Wildman–Crippen MR) is 85.1 cm³/mol. The highest BCUT2D eigenvalue weighted by atomic mass is 35.5. The summed E-state index contributed by atoms with van der Waals surface area (Å²) in [7, 11) is 0. The average Bonchev–Trinajstić information content (AvgIpc) is 2.47. The number of nitrogens with zero attached hydrogens (tertiary/aromatic N) is 1.